The largest absolute Gasteiger partial charge is 0.310 e. The van der Waals surface area contributed by atoms with Gasteiger partial charge in [0.2, 0.25) is 0 Å². The lowest BCUT2D eigenvalue weighted by Crippen LogP contribution is -2.31. The Morgan fingerprint density at radius 3 is 1.40 bits per heavy atom. The lowest BCUT2D eigenvalue weighted by Gasteiger charge is -2.37. The third kappa shape index (κ3) is 7.08. The Hall–Kier alpha value is -8.72. The molecule has 0 N–H and O–H groups in total. The van der Waals surface area contributed by atoms with Crippen molar-refractivity contribution in [3.05, 3.63) is 301 Å². The Kier molecular flexibility index (Phi) is 10.1. The van der Waals surface area contributed by atoms with Gasteiger partial charge in [0.1, 0.15) is 0 Å². The predicted molar refractivity (Wildman–Crippen MR) is 282 cm³/mol. The molecule has 0 aliphatic rings. The molecule has 0 bridgehead atoms. The smallest absolute Gasteiger partial charge is 0.0701 e. The van der Waals surface area contributed by atoms with Gasteiger partial charge in [0.25, 0.3) is 0 Å². The van der Waals surface area contributed by atoms with Crippen molar-refractivity contribution in [2.75, 3.05) is 4.90 Å². The molecule has 67 heavy (non-hydrogen) atoms. The molecule has 1 heterocycles. The molecule has 0 saturated heterocycles. The van der Waals surface area contributed by atoms with Crippen LogP contribution in [-0.4, -0.2) is 4.57 Å². The lowest BCUT2D eigenvalue weighted by molar-refractivity contribution is 0.745. The molecule has 12 rings (SSSR count). The summed E-state index contributed by atoms with van der Waals surface area (Å²) in [6.45, 7) is 0. The SMILES string of the molecule is c1ccc(-n2c3ccccc3c3cc(-c4ccc(N(c5ccc(C(c6ccccc6)(c6ccccc6)c6ccccc6)cc5)c5cccc(-c6ccc7ccccc7c6)c5)cc4)ccc32)cc1. The Labute approximate surface area is 391 Å². The Bertz CT molecular complexity index is 3560. The first kappa shape index (κ1) is 39.8. The van der Waals surface area contributed by atoms with Crippen molar-refractivity contribution in [2.24, 2.45) is 0 Å². The first-order valence-electron chi connectivity index (χ1n) is 23.1. The predicted octanol–water partition coefficient (Wildman–Crippen LogP) is 17.1. The number of hydrogen-bond donors (Lipinski definition) is 0. The van der Waals surface area contributed by atoms with Gasteiger partial charge in [-0.1, -0.05) is 206 Å². The van der Waals surface area contributed by atoms with Gasteiger partial charge in [-0.3, -0.25) is 0 Å². The van der Waals surface area contributed by atoms with E-state index in [4.69, 9.17) is 0 Å². The van der Waals surface area contributed by atoms with E-state index < -0.39 is 5.41 Å². The molecule has 0 amide bonds. The highest BCUT2D eigenvalue weighted by molar-refractivity contribution is 6.10. The molecule has 11 aromatic carbocycles. The second-order valence-electron chi connectivity index (χ2n) is 17.3. The fourth-order valence-electron chi connectivity index (χ4n) is 10.4. The van der Waals surface area contributed by atoms with E-state index in [1.807, 2.05) is 0 Å². The minimum atomic E-state index is -0.542. The van der Waals surface area contributed by atoms with Crippen LogP contribution in [0.3, 0.4) is 0 Å². The number of anilines is 3. The molecule has 2 nitrogen and oxygen atoms in total. The molecule has 1 aromatic heterocycles. The maximum atomic E-state index is 2.39. The molecule has 0 fully saturated rings. The van der Waals surface area contributed by atoms with E-state index in [0.717, 1.165) is 22.7 Å². The number of fused-ring (bicyclic) bond motifs is 4. The zero-order valence-electron chi connectivity index (χ0n) is 37.0. The summed E-state index contributed by atoms with van der Waals surface area (Å²) in [5.41, 5.74) is 15.8. The zero-order chi connectivity index (χ0) is 44.6. The number of para-hydroxylation sites is 2. The molecule has 316 valence electrons. The van der Waals surface area contributed by atoms with Crippen LogP contribution >= 0.6 is 0 Å². The summed E-state index contributed by atoms with van der Waals surface area (Å²) in [4.78, 5) is 2.39. The second-order valence-corrected chi connectivity index (χ2v) is 17.3. The van der Waals surface area contributed by atoms with Crippen molar-refractivity contribution < 1.29 is 0 Å². The molecule has 0 unspecified atom stereocenters. The van der Waals surface area contributed by atoms with Crippen LogP contribution in [0.15, 0.2) is 279 Å². The lowest BCUT2D eigenvalue weighted by atomic mass is 9.65. The summed E-state index contributed by atoms with van der Waals surface area (Å²) < 4.78 is 2.37. The van der Waals surface area contributed by atoms with Gasteiger partial charge >= 0.3 is 0 Å². The molecule has 2 heteroatoms. The molecular weight excluding hydrogens is 809 g/mol. The summed E-state index contributed by atoms with van der Waals surface area (Å²) in [7, 11) is 0. The number of nitrogens with zero attached hydrogens (tertiary/aromatic N) is 2. The van der Waals surface area contributed by atoms with E-state index in [2.05, 4.69) is 289 Å². The minimum Gasteiger partial charge on any atom is -0.310 e. The molecule has 12 aromatic rings. The van der Waals surface area contributed by atoms with Crippen LogP contribution in [0.1, 0.15) is 22.3 Å². The van der Waals surface area contributed by atoms with Gasteiger partial charge in [0.05, 0.1) is 16.4 Å². The van der Waals surface area contributed by atoms with Crippen molar-refractivity contribution in [1.82, 2.24) is 4.57 Å². The Balaban J connectivity index is 0.988. The second kappa shape index (κ2) is 17.0. The number of hydrogen-bond acceptors (Lipinski definition) is 1. The molecule has 0 spiro atoms. The summed E-state index contributed by atoms with van der Waals surface area (Å²) >= 11 is 0. The minimum absolute atomic E-state index is 0.542. The molecular formula is C65H46N2. The van der Waals surface area contributed by atoms with Crippen LogP contribution in [-0.2, 0) is 5.41 Å². The third-order valence-electron chi connectivity index (χ3n) is 13.5. The average molecular weight is 855 g/mol. The van der Waals surface area contributed by atoms with Gasteiger partial charge in [-0.2, -0.15) is 0 Å². The topological polar surface area (TPSA) is 8.17 Å². The Morgan fingerprint density at radius 1 is 0.269 bits per heavy atom. The monoisotopic (exact) mass is 854 g/mol. The summed E-state index contributed by atoms with van der Waals surface area (Å²) in [5.74, 6) is 0. The van der Waals surface area contributed by atoms with E-state index in [9.17, 15) is 0 Å². The van der Waals surface area contributed by atoms with Crippen molar-refractivity contribution in [3.63, 3.8) is 0 Å². The van der Waals surface area contributed by atoms with Crippen molar-refractivity contribution >= 4 is 49.6 Å². The highest BCUT2D eigenvalue weighted by atomic mass is 15.1. The first-order valence-corrected chi connectivity index (χ1v) is 23.1. The van der Waals surface area contributed by atoms with Gasteiger partial charge in [-0.05, 0) is 128 Å². The van der Waals surface area contributed by atoms with E-state index in [-0.39, 0.29) is 0 Å². The highest BCUT2D eigenvalue weighted by Gasteiger charge is 2.38. The molecule has 0 aliphatic carbocycles. The van der Waals surface area contributed by atoms with E-state index in [1.54, 1.807) is 0 Å². The van der Waals surface area contributed by atoms with E-state index in [1.165, 1.54) is 77.1 Å². The average Bonchev–Trinajstić information content (AvgIpc) is 3.74. The van der Waals surface area contributed by atoms with Gasteiger partial charge in [0, 0.05) is 33.5 Å². The molecule has 0 aliphatic heterocycles. The van der Waals surface area contributed by atoms with Crippen LogP contribution < -0.4 is 4.90 Å². The van der Waals surface area contributed by atoms with Crippen LogP contribution in [0.2, 0.25) is 0 Å². The van der Waals surface area contributed by atoms with Crippen LogP contribution in [0.5, 0.6) is 0 Å². The molecule has 0 saturated carbocycles. The van der Waals surface area contributed by atoms with Crippen molar-refractivity contribution in [2.45, 2.75) is 5.41 Å². The summed E-state index contributed by atoms with van der Waals surface area (Å²) in [6, 6.07) is 102. The van der Waals surface area contributed by atoms with Gasteiger partial charge in [-0.15, -0.1) is 0 Å². The molecule has 0 atom stereocenters. The van der Waals surface area contributed by atoms with Crippen LogP contribution in [0.25, 0.3) is 60.5 Å². The fourth-order valence-corrected chi connectivity index (χ4v) is 10.4. The normalized spacial score (nSPS) is 11.6. The fraction of sp³-hybridized carbons (Fsp3) is 0.0154. The third-order valence-corrected chi connectivity index (χ3v) is 13.5. The van der Waals surface area contributed by atoms with Gasteiger partial charge < -0.3 is 9.47 Å². The molecule has 0 radical (unpaired) electrons. The maximum Gasteiger partial charge on any atom is 0.0701 e. The summed E-state index contributed by atoms with van der Waals surface area (Å²) in [5, 5.41) is 4.96. The number of benzene rings is 11. The number of aromatic nitrogens is 1. The van der Waals surface area contributed by atoms with Crippen LogP contribution in [0.4, 0.5) is 17.1 Å². The maximum absolute atomic E-state index is 2.39. The standard InChI is InChI=1S/C65H46N2/c1-5-21-53(22-6-1)65(54-23-7-2-8-24-54,55-25-9-3-10-26-55)56-37-41-59(42-38-56)66(60-29-17-20-50(45-60)51-33-32-47-18-13-14-19-49(47)44-51)58-39-34-48(35-40-58)52-36-43-64-62(46-52)61-30-15-16-31-63(61)67(64)57-27-11-4-12-28-57/h1-46H. The van der Waals surface area contributed by atoms with Crippen LogP contribution in [0, 0.1) is 0 Å². The van der Waals surface area contributed by atoms with Gasteiger partial charge in [0.15, 0.2) is 0 Å². The van der Waals surface area contributed by atoms with E-state index >= 15 is 0 Å². The van der Waals surface area contributed by atoms with Gasteiger partial charge in [-0.25, -0.2) is 0 Å². The Morgan fingerprint density at radius 2 is 0.746 bits per heavy atom. The highest BCUT2D eigenvalue weighted by Crippen LogP contribution is 2.47. The first-order chi connectivity index (χ1) is 33.2. The number of rotatable bonds is 10. The summed E-state index contributed by atoms with van der Waals surface area (Å²) in [6.07, 6.45) is 0. The quantitative estimate of drug-likeness (QED) is 0.124. The van der Waals surface area contributed by atoms with Crippen molar-refractivity contribution in [1.29, 1.82) is 0 Å². The van der Waals surface area contributed by atoms with E-state index in [0.29, 0.717) is 0 Å². The van der Waals surface area contributed by atoms with Crippen molar-refractivity contribution in [3.8, 4) is 27.9 Å². The zero-order valence-corrected chi connectivity index (χ0v) is 37.0.